The summed E-state index contributed by atoms with van der Waals surface area (Å²) >= 11 is 0. The normalized spacial score (nSPS) is 25.0. The van der Waals surface area contributed by atoms with Crippen LogP contribution in [0.4, 0.5) is 4.39 Å². The Kier molecular flexibility index (Phi) is 5.55. The van der Waals surface area contributed by atoms with E-state index in [1.165, 1.54) is 19.3 Å². The second-order valence-electron chi connectivity index (χ2n) is 5.82. The Balaban J connectivity index is 2.15. The zero-order chi connectivity index (χ0) is 14.5. The highest BCUT2D eigenvalue weighted by Crippen LogP contribution is 2.29. The number of rotatable bonds is 6. The van der Waals surface area contributed by atoms with Gasteiger partial charge in [0.1, 0.15) is 5.82 Å². The molecule has 1 fully saturated rings. The molecule has 3 heteroatoms. The highest BCUT2D eigenvalue weighted by atomic mass is 19.1. The molecule has 1 heterocycles. The number of likely N-dealkylation sites (tertiary alicyclic amines) is 1. The first-order chi connectivity index (χ1) is 9.67. The first-order valence-corrected chi connectivity index (χ1v) is 7.90. The molecule has 20 heavy (non-hydrogen) atoms. The molecule has 1 saturated heterocycles. The summed E-state index contributed by atoms with van der Waals surface area (Å²) in [5.41, 5.74) is 0.795. The average molecular weight is 278 g/mol. The third-order valence-electron chi connectivity index (χ3n) is 4.55. The summed E-state index contributed by atoms with van der Waals surface area (Å²) in [6.07, 6.45) is 3.71. The van der Waals surface area contributed by atoms with Crippen molar-refractivity contribution in [1.29, 1.82) is 0 Å². The summed E-state index contributed by atoms with van der Waals surface area (Å²) in [5, 5.41) is 3.45. The monoisotopic (exact) mass is 278 g/mol. The van der Waals surface area contributed by atoms with Gasteiger partial charge < -0.3 is 5.32 Å². The van der Waals surface area contributed by atoms with Crippen LogP contribution in [0.3, 0.4) is 0 Å². The molecule has 112 valence electrons. The van der Waals surface area contributed by atoms with E-state index in [1.807, 2.05) is 12.1 Å². The van der Waals surface area contributed by atoms with E-state index in [4.69, 9.17) is 0 Å². The molecule has 1 N–H and O–H groups in total. The topological polar surface area (TPSA) is 15.3 Å². The van der Waals surface area contributed by atoms with Crippen LogP contribution in [0.25, 0.3) is 0 Å². The minimum atomic E-state index is -0.0988. The van der Waals surface area contributed by atoms with Gasteiger partial charge in [0.2, 0.25) is 0 Å². The SMILES string of the molecule is CCNC(CN1C(C)CCC1CC)c1ccccc1F. The maximum absolute atomic E-state index is 14.1. The lowest BCUT2D eigenvalue weighted by molar-refractivity contribution is 0.176. The van der Waals surface area contributed by atoms with Crippen LogP contribution in [0.15, 0.2) is 24.3 Å². The van der Waals surface area contributed by atoms with E-state index < -0.39 is 0 Å². The molecule has 1 aromatic carbocycles. The van der Waals surface area contributed by atoms with Gasteiger partial charge in [-0.25, -0.2) is 4.39 Å². The molecule has 0 radical (unpaired) electrons. The third-order valence-corrected chi connectivity index (χ3v) is 4.55. The minimum absolute atomic E-state index is 0.0794. The van der Waals surface area contributed by atoms with Gasteiger partial charge in [-0.2, -0.15) is 0 Å². The van der Waals surface area contributed by atoms with Crippen LogP contribution < -0.4 is 5.32 Å². The molecule has 0 bridgehead atoms. The fourth-order valence-electron chi connectivity index (χ4n) is 3.38. The van der Waals surface area contributed by atoms with Crippen molar-refractivity contribution in [3.8, 4) is 0 Å². The van der Waals surface area contributed by atoms with Gasteiger partial charge >= 0.3 is 0 Å². The van der Waals surface area contributed by atoms with E-state index in [2.05, 4.69) is 31.0 Å². The van der Waals surface area contributed by atoms with Gasteiger partial charge in [-0.1, -0.05) is 32.0 Å². The summed E-state index contributed by atoms with van der Waals surface area (Å²) in [5.74, 6) is -0.0988. The molecule has 0 amide bonds. The van der Waals surface area contributed by atoms with E-state index in [9.17, 15) is 4.39 Å². The smallest absolute Gasteiger partial charge is 0.128 e. The Labute approximate surface area is 122 Å². The van der Waals surface area contributed by atoms with Crippen LogP contribution >= 0.6 is 0 Å². The van der Waals surface area contributed by atoms with Gasteiger partial charge in [-0.3, -0.25) is 4.90 Å². The van der Waals surface area contributed by atoms with Crippen molar-refractivity contribution < 1.29 is 4.39 Å². The number of hydrogen-bond acceptors (Lipinski definition) is 2. The molecule has 0 aromatic heterocycles. The number of nitrogens with zero attached hydrogens (tertiary/aromatic N) is 1. The van der Waals surface area contributed by atoms with Crippen molar-refractivity contribution in [3.05, 3.63) is 35.6 Å². The van der Waals surface area contributed by atoms with Crippen molar-refractivity contribution in [2.45, 2.75) is 58.2 Å². The summed E-state index contributed by atoms with van der Waals surface area (Å²) in [4.78, 5) is 2.56. The Bertz CT molecular complexity index is 421. The predicted octanol–water partition coefficient (Wildman–Crippen LogP) is 3.74. The Morgan fingerprint density at radius 1 is 1.30 bits per heavy atom. The molecular weight excluding hydrogens is 251 g/mol. The fraction of sp³-hybridized carbons (Fsp3) is 0.647. The molecule has 0 saturated carbocycles. The fourth-order valence-corrected chi connectivity index (χ4v) is 3.38. The van der Waals surface area contributed by atoms with Crippen molar-refractivity contribution in [3.63, 3.8) is 0 Å². The van der Waals surface area contributed by atoms with E-state index in [0.29, 0.717) is 12.1 Å². The second-order valence-corrected chi connectivity index (χ2v) is 5.82. The maximum atomic E-state index is 14.1. The van der Waals surface area contributed by atoms with E-state index >= 15 is 0 Å². The van der Waals surface area contributed by atoms with E-state index in [0.717, 1.165) is 18.7 Å². The first-order valence-electron chi connectivity index (χ1n) is 7.90. The lowest BCUT2D eigenvalue weighted by atomic mass is 10.0. The molecule has 2 rings (SSSR count). The molecule has 3 atom stereocenters. The van der Waals surface area contributed by atoms with Crippen molar-refractivity contribution in [2.24, 2.45) is 0 Å². The summed E-state index contributed by atoms with van der Waals surface area (Å²) < 4.78 is 14.1. The van der Waals surface area contributed by atoms with Gasteiger partial charge in [0.15, 0.2) is 0 Å². The van der Waals surface area contributed by atoms with Crippen LogP contribution in [0.5, 0.6) is 0 Å². The number of halogens is 1. The number of hydrogen-bond donors (Lipinski definition) is 1. The highest BCUT2D eigenvalue weighted by Gasteiger charge is 2.31. The quantitative estimate of drug-likeness (QED) is 0.853. The van der Waals surface area contributed by atoms with Crippen LogP contribution in [0, 0.1) is 5.82 Å². The van der Waals surface area contributed by atoms with Crippen LogP contribution in [0.2, 0.25) is 0 Å². The zero-order valence-electron chi connectivity index (χ0n) is 12.9. The largest absolute Gasteiger partial charge is 0.309 e. The summed E-state index contributed by atoms with van der Waals surface area (Å²) in [7, 11) is 0. The van der Waals surface area contributed by atoms with Gasteiger partial charge in [0.05, 0.1) is 0 Å². The Morgan fingerprint density at radius 3 is 2.70 bits per heavy atom. The van der Waals surface area contributed by atoms with Crippen LogP contribution in [-0.4, -0.2) is 30.1 Å². The second kappa shape index (κ2) is 7.19. The summed E-state index contributed by atoms with van der Waals surface area (Å²) in [6.45, 7) is 8.38. The third kappa shape index (κ3) is 3.39. The molecule has 0 spiro atoms. The molecule has 0 aliphatic carbocycles. The molecule has 2 nitrogen and oxygen atoms in total. The zero-order valence-corrected chi connectivity index (χ0v) is 12.9. The standard InChI is InChI=1S/C17H27FN2/c1-4-14-11-10-13(3)20(14)12-17(19-5-2)15-8-6-7-9-16(15)18/h6-9,13-14,17,19H,4-5,10-12H2,1-3H3. The van der Waals surface area contributed by atoms with Crippen LogP contribution in [-0.2, 0) is 0 Å². The van der Waals surface area contributed by atoms with Gasteiger partial charge in [-0.15, -0.1) is 0 Å². The lowest BCUT2D eigenvalue weighted by Gasteiger charge is -2.32. The number of likely N-dealkylation sites (N-methyl/N-ethyl adjacent to an activating group) is 1. The van der Waals surface area contributed by atoms with Crippen molar-refractivity contribution in [1.82, 2.24) is 10.2 Å². The maximum Gasteiger partial charge on any atom is 0.128 e. The molecule has 1 aromatic rings. The predicted molar refractivity (Wildman–Crippen MR) is 82.3 cm³/mol. The van der Waals surface area contributed by atoms with Crippen molar-refractivity contribution >= 4 is 0 Å². The number of nitrogens with one attached hydrogen (secondary N) is 1. The molecule has 1 aliphatic heterocycles. The lowest BCUT2D eigenvalue weighted by Crippen LogP contribution is -2.41. The highest BCUT2D eigenvalue weighted by molar-refractivity contribution is 5.21. The molecular formula is C17H27FN2. The Hall–Kier alpha value is -0.930. The molecule has 1 aliphatic rings. The van der Waals surface area contributed by atoms with E-state index in [-0.39, 0.29) is 11.9 Å². The average Bonchev–Trinajstić information content (AvgIpc) is 2.80. The molecule has 3 unspecified atom stereocenters. The minimum Gasteiger partial charge on any atom is -0.309 e. The summed E-state index contributed by atoms with van der Waals surface area (Å²) in [6, 6.07) is 8.48. The van der Waals surface area contributed by atoms with Crippen molar-refractivity contribution in [2.75, 3.05) is 13.1 Å². The van der Waals surface area contributed by atoms with Gasteiger partial charge in [-0.05, 0) is 38.8 Å². The van der Waals surface area contributed by atoms with E-state index in [1.54, 1.807) is 12.1 Å². The van der Waals surface area contributed by atoms with Gasteiger partial charge in [0.25, 0.3) is 0 Å². The Morgan fingerprint density at radius 2 is 2.05 bits per heavy atom. The number of benzene rings is 1. The van der Waals surface area contributed by atoms with Gasteiger partial charge in [0, 0.05) is 30.2 Å². The van der Waals surface area contributed by atoms with Crippen LogP contribution in [0.1, 0.15) is 51.6 Å². The first kappa shape index (κ1) is 15.5.